The number of hydrogen-bond acceptors (Lipinski definition) is 3. The second kappa shape index (κ2) is 6.36. The fourth-order valence-corrected chi connectivity index (χ4v) is 3.47. The van der Waals surface area contributed by atoms with E-state index in [-0.39, 0.29) is 18.1 Å². The van der Waals surface area contributed by atoms with Gasteiger partial charge < -0.3 is 0 Å². The Balaban J connectivity index is 2.22. The highest BCUT2D eigenvalue weighted by Crippen LogP contribution is 2.23. The predicted octanol–water partition coefficient (Wildman–Crippen LogP) is 3.14. The summed E-state index contributed by atoms with van der Waals surface area (Å²) in [6, 6.07) is 11.2. The third-order valence-corrected chi connectivity index (χ3v) is 4.38. The van der Waals surface area contributed by atoms with Crippen molar-refractivity contribution in [3.05, 3.63) is 71.2 Å². The molecule has 0 amide bonds. The zero-order valence-corrected chi connectivity index (χ0v) is 11.8. The molecule has 102 valence electrons. The summed E-state index contributed by atoms with van der Waals surface area (Å²) in [7, 11) is -3.34. The standard InChI is InChI=1S/C16H15NO2S/c17-11-10-15-8-4-5-9-16(15)13-20(18,19)12-14-6-2-1-3-7-14/h1-9,13,15H,10,12H2. The van der Waals surface area contributed by atoms with E-state index >= 15 is 0 Å². The molecule has 0 radical (unpaired) electrons. The number of allylic oxidation sites excluding steroid dienone is 5. The van der Waals surface area contributed by atoms with E-state index in [1.54, 1.807) is 24.3 Å². The molecule has 0 aliphatic heterocycles. The summed E-state index contributed by atoms with van der Waals surface area (Å²) < 4.78 is 24.4. The van der Waals surface area contributed by atoms with Crippen molar-refractivity contribution in [2.45, 2.75) is 12.2 Å². The number of hydrogen-bond donors (Lipinski definition) is 0. The Morgan fingerprint density at radius 1 is 1.20 bits per heavy atom. The van der Waals surface area contributed by atoms with Gasteiger partial charge in [0.05, 0.1) is 11.8 Å². The monoisotopic (exact) mass is 285 g/mol. The van der Waals surface area contributed by atoms with Gasteiger partial charge >= 0.3 is 0 Å². The summed E-state index contributed by atoms with van der Waals surface area (Å²) in [6.07, 6.45) is 7.52. The predicted molar refractivity (Wildman–Crippen MR) is 79.1 cm³/mol. The molecule has 0 heterocycles. The minimum atomic E-state index is -3.34. The van der Waals surface area contributed by atoms with Gasteiger partial charge in [0, 0.05) is 17.7 Å². The zero-order chi connectivity index (χ0) is 14.4. The van der Waals surface area contributed by atoms with Gasteiger partial charge in [-0.1, -0.05) is 54.6 Å². The van der Waals surface area contributed by atoms with E-state index in [0.717, 1.165) is 5.56 Å². The average molecular weight is 285 g/mol. The minimum Gasteiger partial charge on any atom is -0.224 e. The van der Waals surface area contributed by atoms with Crippen LogP contribution in [0.5, 0.6) is 0 Å². The Hall–Kier alpha value is -2.12. The van der Waals surface area contributed by atoms with Crippen LogP contribution in [0.15, 0.2) is 65.6 Å². The van der Waals surface area contributed by atoms with Crippen LogP contribution in [0.3, 0.4) is 0 Å². The first kappa shape index (κ1) is 14.3. The Labute approximate surface area is 119 Å². The average Bonchev–Trinajstić information content (AvgIpc) is 2.41. The van der Waals surface area contributed by atoms with Crippen molar-refractivity contribution in [3.63, 3.8) is 0 Å². The van der Waals surface area contributed by atoms with E-state index in [4.69, 9.17) is 5.26 Å². The van der Waals surface area contributed by atoms with Crippen LogP contribution in [0.2, 0.25) is 0 Å². The fourth-order valence-electron chi connectivity index (χ4n) is 2.07. The molecule has 1 unspecified atom stereocenters. The van der Waals surface area contributed by atoms with Gasteiger partial charge in [0.25, 0.3) is 0 Å². The third-order valence-electron chi connectivity index (χ3n) is 3.01. The lowest BCUT2D eigenvalue weighted by atomic mass is 9.93. The lowest BCUT2D eigenvalue weighted by molar-refractivity contribution is 0.603. The highest BCUT2D eigenvalue weighted by Gasteiger charge is 2.16. The quantitative estimate of drug-likeness (QED) is 0.854. The van der Waals surface area contributed by atoms with E-state index in [9.17, 15) is 8.42 Å². The smallest absolute Gasteiger partial charge is 0.176 e. The zero-order valence-electron chi connectivity index (χ0n) is 10.9. The Morgan fingerprint density at radius 2 is 1.95 bits per heavy atom. The molecule has 1 atom stereocenters. The van der Waals surface area contributed by atoms with Crippen LogP contribution in [0.4, 0.5) is 0 Å². The highest BCUT2D eigenvalue weighted by molar-refractivity contribution is 7.93. The van der Waals surface area contributed by atoms with Gasteiger partial charge in [0.15, 0.2) is 9.84 Å². The van der Waals surface area contributed by atoms with Gasteiger partial charge in [0.2, 0.25) is 0 Å². The normalized spacial score (nSPS) is 19.9. The van der Waals surface area contributed by atoms with Crippen molar-refractivity contribution in [1.29, 1.82) is 5.26 Å². The van der Waals surface area contributed by atoms with Crippen molar-refractivity contribution in [3.8, 4) is 6.07 Å². The Bertz CT molecular complexity index is 692. The van der Waals surface area contributed by atoms with Crippen molar-refractivity contribution in [1.82, 2.24) is 0 Å². The second-order valence-corrected chi connectivity index (χ2v) is 6.47. The van der Waals surface area contributed by atoms with Crippen LogP contribution >= 0.6 is 0 Å². The van der Waals surface area contributed by atoms with E-state index in [1.807, 2.05) is 30.4 Å². The van der Waals surface area contributed by atoms with Gasteiger partial charge in [-0.05, 0) is 11.1 Å². The molecule has 0 N–H and O–H groups in total. The van der Waals surface area contributed by atoms with Gasteiger partial charge in [0.1, 0.15) is 0 Å². The molecule has 0 spiro atoms. The van der Waals surface area contributed by atoms with Crippen molar-refractivity contribution in [2.75, 3.05) is 0 Å². The van der Waals surface area contributed by atoms with Gasteiger partial charge in [-0.3, -0.25) is 0 Å². The van der Waals surface area contributed by atoms with Gasteiger partial charge in [-0.2, -0.15) is 5.26 Å². The summed E-state index contributed by atoms with van der Waals surface area (Å²) in [5, 5.41) is 10.1. The molecule has 0 saturated carbocycles. The van der Waals surface area contributed by atoms with Crippen LogP contribution in [-0.4, -0.2) is 8.42 Å². The van der Waals surface area contributed by atoms with E-state index in [1.165, 1.54) is 5.41 Å². The molecule has 0 bridgehead atoms. The van der Waals surface area contributed by atoms with E-state index in [0.29, 0.717) is 5.57 Å². The molecular weight excluding hydrogens is 270 g/mol. The largest absolute Gasteiger partial charge is 0.224 e. The van der Waals surface area contributed by atoms with Crippen LogP contribution in [0.1, 0.15) is 12.0 Å². The van der Waals surface area contributed by atoms with Crippen LogP contribution in [0.25, 0.3) is 0 Å². The maximum Gasteiger partial charge on any atom is 0.176 e. The maximum absolute atomic E-state index is 12.2. The summed E-state index contributed by atoms with van der Waals surface area (Å²) in [6.45, 7) is 0. The molecule has 0 aromatic heterocycles. The molecule has 1 aliphatic rings. The van der Waals surface area contributed by atoms with Crippen molar-refractivity contribution >= 4 is 9.84 Å². The summed E-state index contributed by atoms with van der Waals surface area (Å²) >= 11 is 0. The van der Waals surface area contributed by atoms with Gasteiger partial charge in [-0.15, -0.1) is 0 Å². The van der Waals surface area contributed by atoms with E-state index in [2.05, 4.69) is 6.07 Å². The SMILES string of the molecule is N#CCC1C=CC=CC1=CS(=O)(=O)Cc1ccccc1. The molecule has 0 fully saturated rings. The second-order valence-electron chi connectivity index (χ2n) is 4.62. The topological polar surface area (TPSA) is 57.9 Å². The number of nitriles is 1. The lowest BCUT2D eigenvalue weighted by Gasteiger charge is -2.13. The van der Waals surface area contributed by atoms with E-state index < -0.39 is 9.84 Å². The number of benzene rings is 1. The molecule has 1 aromatic carbocycles. The third kappa shape index (κ3) is 3.94. The first-order chi connectivity index (χ1) is 9.61. The van der Waals surface area contributed by atoms with Crippen LogP contribution < -0.4 is 0 Å². The lowest BCUT2D eigenvalue weighted by Crippen LogP contribution is -2.06. The summed E-state index contributed by atoms with van der Waals surface area (Å²) in [5.74, 6) is -0.163. The molecule has 4 heteroatoms. The first-order valence-electron chi connectivity index (χ1n) is 6.31. The number of nitrogens with zero attached hydrogens (tertiary/aromatic N) is 1. The fraction of sp³-hybridized carbons (Fsp3) is 0.188. The van der Waals surface area contributed by atoms with Crippen LogP contribution in [-0.2, 0) is 15.6 Å². The minimum absolute atomic E-state index is 0.0197. The molecule has 0 saturated heterocycles. The number of rotatable bonds is 4. The first-order valence-corrected chi connectivity index (χ1v) is 8.02. The molecule has 2 rings (SSSR count). The van der Waals surface area contributed by atoms with Crippen LogP contribution in [0, 0.1) is 17.2 Å². The van der Waals surface area contributed by atoms with Crippen molar-refractivity contribution < 1.29 is 8.42 Å². The number of sulfone groups is 1. The Morgan fingerprint density at radius 3 is 2.65 bits per heavy atom. The maximum atomic E-state index is 12.2. The highest BCUT2D eigenvalue weighted by atomic mass is 32.2. The molecule has 3 nitrogen and oxygen atoms in total. The molecule has 1 aliphatic carbocycles. The summed E-state index contributed by atoms with van der Waals surface area (Å²) in [4.78, 5) is 0. The molecule has 1 aromatic rings. The summed E-state index contributed by atoms with van der Waals surface area (Å²) in [5.41, 5.74) is 1.43. The molecule has 20 heavy (non-hydrogen) atoms. The van der Waals surface area contributed by atoms with Gasteiger partial charge in [-0.25, -0.2) is 8.42 Å². The Kier molecular flexibility index (Phi) is 4.54. The molecular formula is C16H15NO2S. The van der Waals surface area contributed by atoms with Crippen molar-refractivity contribution in [2.24, 2.45) is 5.92 Å².